The quantitative estimate of drug-likeness (QED) is 0.791. The van der Waals surface area contributed by atoms with Gasteiger partial charge in [0.1, 0.15) is 5.82 Å². The van der Waals surface area contributed by atoms with Crippen LogP contribution in [0.4, 0.5) is 11.5 Å². The lowest BCUT2D eigenvalue weighted by Crippen LogP contribution is -2.20. The molecule has 1 aromatic heterocycles. The van der Waals surface area contributed by atoms with Crippen LogP contribution in [0.25, 0.3) is 0 Å². The van der Waals surface area contributed by atoms with Crippen LogP contribution in [0, 0.1) is 0 Å². The molecule has 0 fully saturated rings. The fourth-order valence-electron chi connectivity index (χ4n) is 1.53. The van der Waals surface area contributed by atoms with Gasteiger partial charge in [-0.25, -0.2) is 13.4 Å². The van der Waals surface area contributed by atoms with Crippen molar-refractivity contribution in [2.24, 2.45) is 0 Å². The summed E-state index contributed by atoms with van der Waals surface area (Å²) in [4.78, 5) is 4.40. The second kappa shape index (κ2) is 6.50. The molecule has 0 radical (unpaired) electrons. The number of nitrogens with one attached hydrogen (secondary N) is 2. The van der Waals surface area contributed by atoms with E-state index in [4.69, 9.17) is 12.2 Å². The van der Waals surface area contributed by atoms with E-state index in [1.807, 2.05) is 6.07 Å². The fraction of sp³-hybridized carbons (Fsp3) is 0.0769. The van der Waals surface area contributed by atoms with Gasteiger partial charge in [0.15, 0.2) is 14.9 Å². The molecule has 21 heavy (non-hydrogen) atoms. The molecule has 110 valence electrons. The zero-order chi connectivity index (χ0) is 15.5. The van der Waals surface area contributed by atoms with Crippen molar-refractivity contribution >= 4 is 54.6 Å². The first kappa shape index (κ1) is 15.9. The van der Waals surface area contributed by atoms with E-state index in [-0.39, 0.29) is 4.90 Å². The molecule has 2 aromatic rings. The molecule has 0 spiro atoms. The van der Waals surface area contributed by atoms with Crippen LogP contribution < -0.4 is 10.6 Å². The number of rotatable bonds is 3. The third kappa shape index (κ3) is 4.48. The van der Waals surface area contributed by atoms with E-state index in [1.54, 1.807) is 24.4 Å². The number of anilines is 2. The summed E-state index contributed by atoms with van der Waals surface area (Å²) in [5, 5.41) is 6.27. The zero-order valence-corrected chi connectivity index (χ0v) is 14.2. The molecule has 0 bridgehead atoms. The smallest absolute Gasteiger partial charge is 0.176 e. The lowest BCUT2D eigenvalue weighted by molar-refractivity contribution is 0.602. The molecule has 0 saturated carbocycles. The standard InChI is InChI=1S/C13H12BrN3O2S2/c1-21(18,19)10-6-4-9(5-7-10)16-13(20)17-12-11(14)3-2-8-15-12/h2-8H,1H3,(H2,15,16,17,20). The second-order valence-corrected chi connectivity index (χ2v) is 7.49. The van der Waals surface area contributed by atoms with Crippen molar-refractivity contribution in [1.82, 2.24) is 4.98 Å². The Morgan fingerprint density at radius 1 is 1.19 bits per heavy atom. The van der Waals surface area contributed by atoms with E-state index in [0.717, 1.165) is 4.47 Å². The molecule has 2 rings (SSSR count). The molecule has 0 aliphatic carbocycles. The Labute approximate surface area is 136 Å². The van der Waals surface area contributed by atoms with Crippen molar-refractivity contribution < 1.29 is 8.42 Å². The minimum Gasteiger partial charge on any atom is -0.332 e. The lowest BCUT2D eigenvalue weighted by atomic mass is 10.3. The maximum Gasteiger partial charge on any atom is 0.176 e. The Kier molecular flexibility index (Phi) is 4.92. The first-order valence-corrected chi connectivity index (χ1v) is 8.94. The van der Waals surface area contributed by atoms with Gasteiger partial charge in [0.25, 0.3) is 0 Å². The van der Waals surface area contributed by atoms with E-state index >= 15 is 0 Å². The highest BCUT2D eigenvalue weighted by Gasteiger charge is 2.07. The number of thiocarbonyl (C=S) groups is 1. The predicted octanol–water partition coefficient (Wildman–Crippen LogP) is 3.06. The minimum absolute atomic E-state index is 0.263. The van der Waals surface area contributed by atoms with Gasteiger partial charge in [-0.3, -0.25) is 0 Å². The molecular weight excluding hydrogens is 374 g/mol. The summed E-state index contributed by atoms with van der Waals surface area (Å²) < 4.78 is 23.5. The van der Waals surface area contributed by atoms with Crippen molar-refractivity contribution in [2.45, 2.75) is 4.90 Å². The number of hydrogen-bond donors (Lipinski definition) is 2. The third-order valence-corrected chi connectivity index (χ3v) is 4.50. The van der Waals surface area contributed by atoms with Gasteiger partial charge in [-0.15, -0.1) is 0 Å². The second-order valence-electron chi connectivity index (χ2n) is 4.21. The average molecular weight is 386 g/mol. The average Bonchev–Trinajstić information content (AvgIpc) is 2.41. The molecule has 0 unspecified atom stereocenters. The highest BCUT2D eigenvalue weighted by atomic mass is 79.9. The maximum absolute atomic E-state index is 11.4. The van der Waals surface area contributed by atoms with Crippen LogP contribution >= 0.6 is 28.1 Å². The topological polar surface area (TPSA) is 71.1 Å². The normalized spacial score (nSPS) is 11.0. The minimum atomic E-state index is -3.19. The third-order valence-electron chi connectivity index (χ3n) is 2.53. The van der Waals surface area contributed by atoms with Crippen LogP contribution in [0.2, 0.25) is 0 Å². The number of hydrogen-bond acceptors (Lipinski definition) is 4. The molecule has 1 heterocycles. The molecule has 0 aliphatic heterocycles. The van der Waals surface area contributed by atoms with E-state index in [1.165, 1.54) is 18.4 Å². The molecular formula is C13H12BrN3O2S2. The summed E-state index contributed by atoms with van der Waals surface area (Å²) in [6.45, 7) is 0. The number of sulfone groups is 1. The van der Waals surface area contributed by atoms with Crippen molar-refractivity contribution in [3.05, 3.63) is 47.1 Å². The lowest BCUT2D eigenvalue weighted by Gasteiger charge is -2.11. The molecule has 0 atom stereocenters. The Bertz CT molecular complexity index is 761. The molecule has 0 aliphatic rings. The summed E-state index contributed by atoms with van der Waals surface area (Å²) in [6.07, 6.45) is 2.82. The van der Waals surface area contributed by atoms with Gasteiger partial charge >= 0.3 is 0 Å². The molecule has 0 amide bonds. The Hall–Kier alpha value is -1.51. The predicted molar refractivity (Wildman–Crippen MR) is 91.3 cm³/mol. The zero-order valence-electron chi connectivity index (χ0n) is 11.0. The molecule has 5 nitrogen and oxygen atoms in total. The number of benzene rings is 1. The Morgan fingerprint density at radius 3 is 2.43 bits per heavy atom. The van der Waals surface area contributed by atoms with E-state index in [0.29, 0.717) is 16.6 Å². The van der Waals surface area contributed by atoms with Crippen molar-refractivity contribution in [1.29, 1.82) is 0 Å². The van der Waals surface area contributed by atoms with Crippen LogP contribution in [-0.2, 0) is 9.84 Å². The van der Waals surface area contributed by atoms with Crippen LogP contribution in [0.1, 0.15) is 0 Å². The number of pyridine rings is 1. The van der Waals surface area contributed by atoms with Crippen LogP contribution in [0.3, 0.4) is 0 Å². The SMILES string of the molecule is CS(=O)(=O)c1ccc(NC(=S)Nc2ncccc2Br)cc1. The molecule has 1 aromatic carbocycles. The summed E-state index contributed by atoms with van der Waals surface area (Å²) in [5.41, 5.74) is 0.687. The maximum atomic E-state index is 11.4. The van der Waals surface area contributed by atoms with Crippen LogP contribution in [0.5, 0.6) is 0 Å². The van der Waals surface area contributed by atoms with Crippen molar-refractivity contribution in [3.63, 3.8) is 0 Å². The monoisotopic (exact) mass is 385 g/mol. The number of halogens is 1. The van der Waals surface area contributed by atoms with E-state index in [9.17, 15) is 8.42 Å². The molecule has 0 saturated heterocycles. The highest BCUT2D eigenvalue weighted by molar-refractivity contribution is 9.10. The van der Waals surface area contributed by atoms with Gasteiger partial charge in [0.2, 0.25) is 0 Å². The Balaban J connectivity index is 2.05. The van der Waals surface area contributed by atoms with Gasteiger partial charge in [-0.2, -0.15) is 0 Å². The van der Waals surface area contributed by atoms with Crippen LogP contribution in [-0.4, -0.2) is 24.8 Å². The number of aromatic nitrogens is 1. The van der Waals surface area contributed by atoms with E-state index in [2.05, 4.69) is 31.5 Å². The first-order valence-electron chi connectivity index (χ1n) is 5.85. The van der Waals surface area contributed by atoms with Gasteiger partial charge in [-0.1, -0.05) is 0 Å². The van der Waals surface area contributed by atoms with Gasteiger partial charge in [0, 0.05) is 18.1 Å². The summed E-state index contributed by atoms with van der Waals surface area (Å²) in [6, 6.07) is 10.00. The van der Waals surface area contributed by atoms with Gasteiger partial charge in [0.05, 0.1) is 9.37 Å². The van der Waals surface area contributed by atoms with Gasteiger partial charge in [-0.05, 0) is 64.5 Å². The summed E-state index contributed by atoms with van der Waals surface area (Å²) in [5.74, 6) is 0.600. The highest BCUT2D eigenvalue weighted by Crippen LogP contribution is 2.19. The molecule has 8 heteroatoms. The summed E-state index contributed by atoms with van der Waals surface area (Å²) in [7, 11) is -3.19. The largest absolute Gasteiger partial charge is 0.332 e. The fourth-order valence-corrected chi connectivity index (χ4v) is 2.73. The first-order chi connectivity index (χ1) is 9.86. The molecule has 2 N–H and O–H groups in total. The van der Waals surface area contributed by atoms with Crippen molar-refractivity contribution in [3.8, 4) is 0 Å². The van der Waals surface area contributed by atoms with E-state index < -0.39 is 9.84 Å². The van der Waals surface area contributed by atoms with Crippen molar-refractivity contribution in [2.75, 3.05) is 16.9 Å². The summed E-state index contributed by atoms with van der Waals surface area (Å²) >= 11 is 8.55. The van der Waals surface area contributed by atoms with Crippen LogP contribution in [0.15, 0.2) is 52.0 Å². The Morgan fingerprint density at radius 2 is 1.86 bits per heavy atom. The number of nitrogens with zero attached hydrogens (tertiary/aromatic N) is 1. The van der Waals surface area contributed by atoms with Gasteiger partial charge < -0.3 is 10.6 Å².